The van der Waals surface area contributed by atoms with Gasteiger partial charge in [-0.15, -0.1) is 0 Å². The first-order valence-corrected chi connectivity index (χ1v) is 14.1. The van der Waals surface area contributed by atoms with Gasteiger partial charge in [-0.2, -0.15) is 0 Å². The fourth-order valence-corrected chi connectivity index (χ4v) is 5.58. The summed E-state index contributed by atoms with van der Waals surface area (Å²) in [4.78, 5) is 33.1. The van der Waals surface area contributed by atoms with Crippen LogP contribution in [0.3, 0.4) is 0 Å². The van der Waals surface area contributed by atoms with E-state index in [-0.39, 0.29) is 11.8 Å². The van der Waals surface area contributed by atoms with Crippen LogP contribution in [0.4, 0.5) is 5.69 Å². The predicted octanol–water partition coefficient (Wildman–Crippen LogP) is 5.70. The number of amides is 2. The summed E-state index contributed by atoms with van der Waals surface area (Å²) in [5.74, 6) is 0.592. The van der Waals surface area contributed by atoms with Crippen molar-refractivity contribution < 1.29 is 14.3 Å². The van der Waals surface area contributed by atoms with E-state index in [1.165, 1.54) is 0 Å². The van der Waals surface area contributed by atoms with Crippen molar-refractivity contribution in [1.29, 1.82) is 0 Å². The van der Waals surface area contributed by atoms with E-state index in [9.17, 15) is 9.59 Å². The number of aryl methyl sites for hydroxylation is 2. The van der Waals surface area contributed by atoms with Gasteiger partial charge in [0.1, 0.15) is 11.4 Å². The Balaban J connectivity index is 1.24. The minimum Gasteiger partial charge on any atom is -0.497 e. The van der Waals surface area contributed by atoms with Crippen molar-refractivity contribution >= 4 is 17.5 Å². The molecule has 8 nitrogen and oxygen atoms in total. The number of nitrogens with one attached hydrogen (secondary N) is 1. The Bertz CT molecular complexity index is 1740. The Morgan fingerprint density at radius 1 is 0.976 bits per heavy atom. The maximum absolute atomic E-state index is 14.0. The number of carbonyl (C=O) groups is 2. The lowest BCUT2D eigenvalue weighted by Crippen LogP contribution is -2.31. The average molecular weight is 560 g/mol. The van der Waals surface area contributed by atoms with Crippen molar-refractivity contribution in [2.24, 2.45) is 0 Å². The minimum absolute atomic E-state index is 0.0807. The fourth-order valence-electron chi connectivity index (χ4n) is 5.58. The number of imidazole rings is 1. The lowest BCUT2D eigenvalue weighted by molar-refractivity contribution is 0.0943. The topological polar surface area (TPSA) is 81.4 Å². The number of nitrogens with zero attached hydrogens (tertiary/aromatic N) is 4. The molecular weight excluding hydrogens is 526 g/mol. The molecule has 1 N–H and O–H groups in total. The highest BCUT2D eigenvalue weighted by Gasteiger charge is 2.27. The normalized spacial score (nSPS) is 12.3. The second kappa shape index (κ2) is 11.8. The van der Waals surface area contributed by atoms with E-state index >= 15 is 0 Å². The van der Waals surface area contributed by atoms with Gasteiger partial charge in [-0.1, -0.05) is 36.4 Å². The van der Waals surface area contributed by atoms with Crippen LogP contribution in [-0.4, -0.2) is 39.6 Å². The molecule has 0 radical (unpaired) electrons. The molecule has 3 aromatic carbocycles. The van der Waals surface area contributed by atoms with Crippen molar-refractivity contribution in [2.45, 2.75) is 33.0 Å². The fraction of sp³-hybridized carbons (Fsp3) is 0.206. The van der Waals surface area contributed by atoms with E-state index < -0.39 is 0 Å². The maximum Gasteiger partial charge on any atom is 0.267 e. The smallest absolute Gasteiger partial charge is 0.267 e. The number of hydrogen-bond donors (Lipinski definition) is 1. The summed E-state index contributed by atoms with van der Waals surface area (Å²) in [5, 5.41) is 3.05. The quantitative estimate of drug-likeness (QED) is 0.248. The highest BCUT2D eigenvalue weighted by molar-refractivity contribution is 6.07. The standard InChI is InChI=1S/C34H33N5O3/c1-24-19-26(11-13-30(24)25-8-5-9-29(20-25)42-2)34(41)39-22-28-12-14-32(38(28)21-27-7-3-4-10-31(27)39)33(40)36-15-6-17-37-18-16-35-23-37/h3-5,7-14,16,18-20,23H,6,15,17,21-22H2,1-2H3,(H,36,40). The largest absolute Gasteiger partial charge is 0.497 e. The van der Waals surface area contributed by atoms with Gasteiger partial charge in [0.2, 0.25) is 0 Å². The molecule has 8 heteroatoms. The summed E-state index contributed by atoms with van der Waals surface area (Å²) in [6, 6.07) is 25.5. The van der Waals surface area contributed by atoms with Crippen LogP contribution < -0.4 is 15.0 Å². The van der Waals surface area contributed by atoms with Gasteiger partial charge in [-0.3, -0.25) is 9.59 Å². The molecule has 0 fully saturated rings. The average Bonchev–Trinajstić information content (AvgIpc) is 3.65. The SMILES string of the molecule is COc1cccc(-c2ccc(C(=O)N3Cc4ccc(C(=O)NCCCn5ccnc5)n4Cc4ccccc43)cc2C)c1. The van der Waals surface area contributed by atoms with Crippen molar-refractivity contribution in [3.63, 3.8) is 0 Å². The van der Waals surface area contributed by atoms with Crippen LogP contribution in [-0.2, 0) is 19.6 Å². The molecule has 5 aromatic rings. The Labute approximate surface area is 245 Å². The van der Waals surface area contributed by atoms with Gasteiger partial charge >= 0.3 is 0 Å². The van der Waals surface area contributed by atoms with Crippen LogP contribution in [0.25, 0.3) is 11.1 Å². The van der Waals surface area contributed by atoms with Gasteiger partial charge in [0, 0.05) is 42.4 Å². The van der Waals surface area contributed by atoms with E-state index in [1.54, 1.807) is 19.6 Å². The first-order valence-electron chi connectivity index (χ1n) is 14.1. The van der Waals surface area contributed by atoms with E-state index in [4.69, 9.17) is 4.74 Å². The van der Waals surface area contributed by atoms with Crippen molar-refractivity contribution in [1.82, 2.24) is 19.4 Å². The third-order valence-corrected chi connectivity index (χ3v) is 7.77. The summed E-state index contributed by atoms with van der Waals surface area (Å²) < 4.78 is 9.41. The van der Waals surface area contributed by atoms with Crippen molar-refractivity contribution in [3.05, 3.63) is 126 Å². The summed E-state index contributed by atoms with van der Waals surface area (Å²) in [6.07, 6.45) is 6.24. The molecule has 0 saturated heterocycles. The van der Waals surface area contributed by atoms with Gasteiger partial charge in [-0.25, -0.2) is 4.98 Å². The number of anilines is 1. The zero-order valence-corrected chi connectivity index (χ0v) is 23.8. The number of rotatable bonds is 8. The summed E-state index contributed by atoms with van der Waals surface area (Å²) in [5.41, 5.74) is 7.06. The minimum atomic E-state index is -0.118. The van der Waals surface area contributed by atoms with Crippen LogP contribution in [0, 0.1) is 6.92 Å². The number of fused-ring (bicyclic) bond motifs is 2. The molecule has 1 aliphatic heterocycles. The molecule has 0 unspecified atom stereocenters. The molecule has 1 aliphatic rings. The second-order valence-corrected chi connectivity index (χ2v) is 10.5. The number of aromatic nitrogens is 3. The first-order chi connectivity index (χ1) is 20.5. The number of methoxy groups -OCH3 is 1. The number of hydrogen-bond acceptors (Lipinski definition) is 4. The highest BCUT2D eigenvalue weighted by Crippen LogP contribution is 2.32. The second-order valence-electron chi connectivity index (χ2n) is 10.5. The Kier molecular flexibility index (Phi) is 7.60. The Morgan fingerprint density at radius 3 is 2.67 bits per heavy atom. The van der Waals surface area contributed by atoms with Crippen molar-refractivity contribution in [2.75, 3.05) is 18.6 Å². The highest BCUT2D eigenvalue weighted by atomic mass is 16.5. The van der Waals surface area contributed by atoms with Crippen LogP contribution in [0.2, 0.25) is 0 Å². The summed E-state index contributed by atoms with van der Waals surface area (Å²) >= 11 is 0. The third-order valence-electron chi connectivity index (χ3n) is 7.77. The molecule has 2 amide bonds. The predicted molar refractivity (Wildman–Crippen MR) is 163 cm³/mol. The molecule has 3 heterocycles. The van der Waals surface area contributed by atoms with Gasteiger partial charge in [0.25, 0.3) is 11.8 Å². The van der Waals surface area contributed by atoms with Gasteiger partial charge in [0.15, 0.2) is 0 Å². The molecule has 6 rings (SSSR count). The lowest BCUT2D eigenvalue weighted by atomic mass is 9.97. The molecule has 42 heavy (non-hydrogen) atoms. The first kappa shape index (κ1) is 27.1. The number of carbonyl (C=O) groups excluding carboxylic acids is 2. The summed E-state index contributed by atoms with van der Waals surface area (Å²) in [7, 11) is 1.66. The molecule has 0 saturated carbocycles. The molecule has 0 spiro atoms. The van der Waals surface area contributed by atoms with E-state index in [2.05, 4.69) is 10.3 Å². The van der Waals surface area contributed by atoms with Crippen LogP contribution in [0.1, 0.15) is 44.1 Å². The molecule has 0 bridgehead atoms. The van der Waals surface area contributed by atoms with Gasteiger partial charge in [-0.05, 0) is 78.1 Å². The van der Waals surface area contributed by atoms with Gasteiger partial charge < -0.3 is 24.1 Å². The molecular formula is C34H33N5O3. The lowest BCUT2D eigenvalue weighted by Gasteiger charge is -2.23. The van der Waals surface area contributed by atoms with E-state index in [0.29, 0.717) is 30.9 Å². The number of para-hydroxylation sites is 1. The summed E-state index contributed by atoms with van der Waals surface area (Å²) in [6.45, 7) is 4.24. The van der Waals surface area contributed by atoms with E-state index in [0.717, 1.165) is 52.4 Å². The zero-order valence-electron chi connectivity index (χ0n) is 23.8. The molecule has 212 valence electrons. The molecule has 0 aliphatic carbocycles. The van der Waals surface area contributed by atoms with Crippen LogP contribution >= 0.6 is 0 Å². The Morgan fingerprint density at radius 2 is 1.86 bits per heavy atom. The maximum atomic E-state index is 14.0. The monoisotopic (exact) mass is 559 g/mol. The van der Waals surface area contributed by atoms with Crippen LogP contribution in [0.15, 0.2) is 97.6 Å². The molecule has 0 atom stereocenters. The Hall–Kier alpha value is -5.11. The number of ether oxygens (including phenoxy) is 1. The number of benzene rings is 3. The third kappa shape index (κ3) is 5.43. The molecule has 2 aromatic heterocycles. The zero-order chi connectivity index (χ0) is 29.1. The van der Waals surface area contributed by atoms with Gasteiger partial charge in [0.05, 0.1) is 26.5 Å². The van der Waals surface area contributed by atoms with E-state index in [1.807, 2.05) is 106 Å². The van der Waals surface area contributed by atoms with Crippen molar-refractivity contribution in [3.8, 4) is 16.9 Å². The van der Waals surface area contributed by atoms with Crippen LogP contribution in [0.5, 0.6) is 5.75 Å².